The van der Waals surface area contributed by atoms with Gasteiger partial charge in [0.15, 0.2) is 5.58 Å². The normalized spacial score (nSPS) is 11.2. The number of benzene rings is 2. The van der Waals surface area contributed by atoms with Crippen LogP contribution in [0.4, 0.5) is 0 Å². The Morgan fingerprint density at radius 2 is 2.00 bits per heavy atom. The molecule has 0 fully saturated rings. The molecule has 0 unspecified atom stereocenters. The van der Waals surface area contributed by atoms with E-state index in [0.29, 0.717) is 29.7 Å². The second kappa shape index (κ2) is 8.31. The number of hydrogen-bond acceptors (Lipinski definition) is 5. The molecule has 0 bridgehead atoms. The van der Waals surface area contributed by atoms with Crippen LogP contribution in [0.5, 0.6) is 5.75 Å². The zero-order valence-corrected chi connectivity index (χ0v) is 16.6. The molecule has 2 aromatic carbocycles. The van der Waals surface area contributed by atoms with Crippen LogP contribution >= 0.6 is 34.5 Å². The maximum absolute atomic E-state index is 6.02. The molecule has 4 aromatic rings. The number of ether oxygens (including phenoxy) is 1. The quantitative estimate of drug-likeness (QED) is 0.372. The van der Waals surface area contributed by atoms with Gasteiger partial charge < -0.3 is 14.6 Å². The van der Waals surface area contributed by atoms with E-state index in [0.717, 1.165) is 32.9 Å². The second-order valence-electron chi connectivity index (χ2n) is 5.95. The molecule has 4 rings (SSSR count). The van der Waals surface area contributed by atoms with Gasteiger partial charge in [0.1, 0.15) is 22.8 Å². The molecule has 138 valence electrons. The molecule has 1 N–H and O–H groups in total. The molecular weight excluding hydrogens is 403 g/mol. The van der Waals surface area contributed by atoms with Crippen LogP contribution in [0.3, 0.4) is 0 Å². The van der Waals surface area contributed by atoms with Gasteiger partial charge in [0.25, 0.3) is 0 Å². The smallest absolute Gasteiger partial charge is 0.178 e. The van der Waals surface area contributed by atoms with Crippen LogP contribution in [0.25, 0.3) is 21.5 Å². The van der Waals surface area contributed by atoms with Gasteiger partial charge in [0.2, 0.25) is 0 Å². The van der Waals surface area contributed by atoms with Crippen molar-refractivity contribution in [2.24, 2.45) is 0 Å². The van der Waals surface area contributed by atoms with Crippen LogP contribution in [0.2, 0.25) is 10.0 Å². The molecule has 0 atom stereocenters. The molecule has 0 radical (unpaired) electrons. The second-order valence-corrected chi connectivity index (χ2v) is 7.68. The molecule has 27 heavy (non-hydrogen) atoms. The minimum Gasteiger partial charge on any atom is -0.492 e. The first-order valence-electron chi connectivity index (χ1n) is 8.41. The lowest BCUT2D eigenvalue weighted by molar-refractivity contribution is 0.314. The Kier molecular flexibility index (Phi) is 5.64. The van der Waals surface area contributed by atoms with E-state index in [4.69, 9.17) is 32.5 Å². The maximum atomic E-state index is 6.02. The molecular formula is C20H16Cl2N2O2S. The Labute approximate surface area is 170 Å². The Hall–Kier alpha value is -2.05. The maximum Gasteiger partial charge on any atom is 0.178 e. The Morgan fingerprint density at radius 1 is 1.07 bits per heavy atom. The van der Waals surface area contributed by atoms with E-state index in [2.05, 4.69) is 10.5 Å². The average Bonchev–Trinajstić information content (AvgIpc) is 3.28. The first kappa shape index (κ1) is 18.3. The molecule has 0 saturated heterocycles. The summed E-state index contributed by atoms with van der Waals surface area (Å²) in [7, 11) is 0. The highest BCUT2D eigenvalue weighted by atomic mass is 35.5. The topological polar surface area (TPSA) is 47.3 Å². The minimum atomic E-state index is 0.554. The largest absolute Gasteiger partial charge is 0.492 e. The third-order valence-electron chi connectivity index (χ3n) is 4.05. The molecule has 4 nitrogen and oxygen atoms in total. The van der Waals surface area contributed by atoms with Gasteiger partial charge in [-0.15, -0.1) is 11.3 Å². The molecule has 7 heteroatoms. The van der Waals surface area contributed by atoms with Crippen LogP contribution in [0.1, 0.15) is 5.56 Å². The number of thiophene rings is 1. The number of nitrogens with one attached hydrogen (secondary N) is 1. The predicted octanol–water partition coefficient (Wildman–Crippen LogP) is 6.03. The summed E-state index contributed by atoms with van der Waals surface area (Å²) < 4.78 is 12.3. The Morgan fingerprint density at radius 3 is 2.89 bits per heavy atom. The first-order valence-corrected chi connectivity index (χ1v) is 10.0. The van der Waals surface area contributed by atoms with E-state index in [1.807, 2.05) is 47.8 Å². The molecule has 0 spiro atoms. The van der Waals surface area contributed by atoms with E-state index < -0.39 is 0 Å². The highest BCUT2D eigenvalue weighted by Gasteiger charge is 2.12. The number of nitrogens with zero attached hydrogens (tertiary/aromatic N) is 1. The summed E-state index contributed by atoms with van der Waals surface area (Å²) in [5, 5.41) is 10.6. The lowest BCUT2D eigenvalue weighted by atomic mass is 10.1. The summed E-state index contributed by atoms with van der Waals surface area (Å²) in [6, 6.07) is 15.4. The van der Waals surface area contributed by atoms with Gasteiger partial charge in [-0.05, 0) is 41.3 Å². The van der Waals surface area contributed by atoms with Crippen molar-refractivity contribution in [2.45, 2.75) is 6.54 Å². The van der Waals surface area contributed by atoms with Crippen LogP contribution in [0, 0.1) is 0 Å². The van der Waals surface area contributed by atoms with Crippen LogP contribution in [-0.4, -0.2) is 18.3 Å². The number of rotatable bonds is 7. The number of hydrogen-bond donors (Lipinski definition) is 1. The van der Waals surface area contributed by atoms with Gasteiger partial charge in [0, 0.05) is 18.7 Å². The summed E-state index contributed by atoms with van der Waals surface area (Å²) in [5.41, 5.74) is 3.73. The van der Waals surface area contributed by atoms with Crippen molar-refractivity contribution in [1.82, 2.24) is 10.5 Å². The SMILES string of the molecule is Clc1ccc(CNCCOc2cccc(-c3noc4ccsc34)c2)cc1Cl. The molecule has 0 saturated carbocycles. The zero-order valence-electron chi connectivity index (χ0n) is 14.2. The summed E-state index contributed by atoms with van der Waals surface area (Å²) in [5.74, 6) is 0.802. The van der Waals surface area contributed by atoms with E-state index in [1.54, 1.807) is 17.4 Å². The van der Waals surface area contributed by atoms with E-state index in [9.17, 15) is 0 Å². The van der Waals surface area contributed by atoms with E-state index in [1.165, 1.54) is 0 Å². The minimum absolute atomic E-state index is 0.554. The van der Waals surface area contributed by atoms with Gasteiger partial charge in [-0.25, -0.2) is 0 Å². The van der Waals surface area contributed by atoms with Gasteiger partial charge in [-0.1, -0.05) is 46.6 Å². The standard InChI is InChI=1S/C20H16Cl2N2O2S/c21-16-5-4-13(10-17(16)22)12-23-7-8-25-15-3-1-2-14(11-15)19-20-18(26-24-19)6-9-27-20/h1-6,9-11,23H,7-8,12H2. The highest BCUT2D eigenvalue weighted by Crippen LogP contribution is 2.33. The van der Waals surface area contributed by atoms with Crippen molar-refractivity contribution >= 4 is 44.8 Å². The molecule has 2 aromatic heterocycles. The van der Waals surface area contributed by atoms with Crippen molar-refractivity contribution in [1.29, 1.82) is 0 Å². The molecule has 0 aliphatic carbocycles. The number of aromatic nitrogens is 1. The summed E-state index contributed by atoms with van der Waals surface area (Å²) in [4.78, 5) is 0. The fraction of sp³-hybridized carbons (Fsp3) is 0.150. The summed E-state index contributed by atoms with van der Waals surface area (Å²) in [6.07, 6.45) is 0. The van der Waals surface area contributed by atoms with Gasteiger partial charge in [0.05, 0.1) is 10.0 Å². The monoisotopic (exact) mass is 418 g/mol. The van der Waals surface area contributed by atoms with Crippen LogP contribution < -0.4 is 10.1 Å². The summed E-state index contributed by atoms with van der Waals surface area (Å²) in [6.45, 7) is 1.97. The fourth-order valence-corrected chi connectivity index (χ4v) is 3.86. The number of fused-ring (bicyclic) bond motifs is 1. The van der Waals surface area contributed by atoms with Gasteiger partial charge in [-0.3, -0.25) is 0 Å². The van der Waals surface area contributed by atoms with Crippen molar-refractivity contribution in [3.8, 4) is 17.0 Å². The molecule has 0 aliphatic heterocycles. The fourth-order valence-electron chi connectivity index (χ4n) is 2.72. The van der Waals surface area contributed by atoms with Crippen LogP contribution in [-0.2, 0) is 6.54 Å². The van der Waals surface area contributed by atoms with E-state index in [-0.39, 0.29) is 0 Å². The average molecular weight is 419 g/mol. The van der Waals surface area contributed by atoms with Crippen molar-refractivity contribution < 1.29 is 9.26 Å². The van der Waals surface area contributed by atoms with Crippen molar-refractivity contribution in [3.05, 3.63) is 69.5 Å². The zero-order chi connectivity index (χ0) is 18.6. The Bertz CT molecular complexity index is 1060. The summed E-state index contributed by atoms with van der Waals surface area (Å²) >= 11 is 13.6. The third-order valence-corrected chi connectivity index (χ3v) is 5.69. The molecule has 2 heterocycles. The Balaban J connectivity index is 1.31. The van der Waals surface area contributed by atoms with Crippen molar-refractivity contribution in [2.75, 3.05) is 13.2 Å². The van der Waals surface area contributed by atoms with Crippen LogP contribution in [0.15, 0.2) is 58.4 Å². The lowest BCUT2D eigenvalue weighted by Gasteiger charge is -2.09. The van der Waals surface area contributed by atoms with Gasteiger partial charge >= 0.3 is 0 Å². The molecule has 0 amide bonds. The highest BCUT2D eigenvalue weighted by molar-refractivity contribution is 7.17. The number of halogens is 2. The lowest BCUT2D eigenvalue weighted by Crippen LogP contribution is -2.20. The molecule has 0 aliphatic rings. The van der Waals surface area contributed by atoms with Crippen molar-refractivity contribution in [3.63, 3.8) is 0 Å². The van der Waals surface area contributed by atoms with E-state index >= 15 is 0 Å². The predicted molar refractivity (Wildman–Crippen MR) is 111 cm³/mol. The van der Waals surface area contributed by atoms with Gasteiger partial charge in [-0.2, -0.15) is 0 Å². The third kappa shape index (κ3) is 4.28. The first-order chi connectivity index (χ1) is 13.2.